The molecule has 1 amide bonds. The molecule has 116 valence electrons. The van der Waals surface area contributed by atoms with Gasteiger partial charge in [0.25, 0.3) is 0 Å². The molecule has 0 bridgehead atoms. The number of rotatable bonds is 8. The molecule has 0 aromatic rings. The number of amides is 1. The SMILES string of the molecule is COCCCNC(=O)CN1CCCN(CC(=O)O)CC1. The molecule has 0 radical (unpaired) electrons. The molecule has 0 spiro atoms. The Hall–Kier alpha value is -1.18. The van der Waals surface area contributed by atoms with Crippen molar-refractivity contribution in [2.45, 2.75) is 12.8 Å². The molecule has 1 heterocycles. The van der Waals surface area contributed by atoms with Crippen LogP contribution in [0.25, 0.3) is 0 Å². The fourth-order valence-electron chi connectivity index (χ4n) is 2.24. The zero-order chi connectivity index (χ0) is 14.8. The number of aliphatic carboxylic acids is 1. The second-order valence-electron chi connectivity index (χ2n) is 5.00. The van der Waals surface area contributed by atoms with E-state index in [1.54, 1.807) is 7.11 Å². The van der Waals surface area contributed by atoms with Crippen molar-refractivity contribution in [2.24, 2.45) is 0 Å². The molecular weight excluding hydrogens is 262 g/mol. The Kier molecular flexibility index (Phi) is 8.17. The normalized spacial score (nSPS) is 17.6. The number of hydrogen-bond acceptors (Lipinski definition) is 5. The average molecular weight is 287 g/mol. The van der Waals surface area contributed by atoms with Gasteiger partial charge in [0, 0.05) is 39.9 Å². The number of hydrogen-bond donors (Lipinski definition) is 2. The van der Waals surface area contributed by atoms with E-state index in [2.05, 4.69) is 10.2 Å². The Labute approximate surface area is 119 Å². The molecular formula is C13H25N3O4. The van der Waals surface area contributed by atoms with Crippen molar-refractivity contribution in [3.63, 3.8) is 0 Å². The Bertz CT molecular complexity index is 312. The lowest BCUT2D eigenvalue weighted by Gasteiger charge is -2.20. The zero-order valence-electron chi connectivity index (χ0n) is 12.1. The van der Waals surface area contributed by atoms with Gasteiger partial charge in [-0.15, -0.1) is 0 Å². The van der Waals surface area contributed by atoms with Gasteiger partial charge in [-0.25, -0.2) is 0 Å². The van der Waals surface area contributed by atoms with Crippen LogP contribution in [0, 0.1) is 0 Å². The molecule has 0 aromatic heterocycles. The van der Waals surface area contributed by atoms with Crippen molar-refractivity contribution in [1.29, 1.82) is 0 Å². The molecule has 0 aliphatic carbocycles. The topological polar surface area (TPSA) is 82.1 Å². The van der Waals surface area contributed by atoms with Crippen LogP contribution in [0.4, 0.5) is 0 Å². The summed E-state index contributed by atoms with van der Waals surface area (Å²) in [5.41, 5.74) is 0. The van der Waals surface area contributed by atoms with E-state index in [0.717, 1.165) is 32.5 Å². The summed E-state index contributed by atoms with van der Waals surface area (Å²) >= 11 is 0. The molecule has 1 fully saturated rings. The van der Waals surface area contributed by atoms with Gasteiger partial charge in [-0.3, -0.25) is 19.4 Å². The number of nitrogens with zero attached hydrogens (tertiary/aromatic N) is 2. The number of methoxy groups -OCH3 is 1. The minimum atomic E-state index is -0.797. The summed E-state index contributed by atoms with van der Waals surface area (Å²) in [6.45, 7) is 4.78. The second-order valence-corrected chi connectivity index (χ2v) is 5.00. The lowest BCUT2D eigenvalue weighted by molar-refractivity contribution is -0.138. The third-order valence-electron chi connectivity index (χ3n) is 3.25. The third-order valence-corrected chi connectivity index (χ3v) is 3.25. The molecule has 1 aliphatic rings. The Balaban J connectivity index is 2.20. The molecule has 1 aliphatic heterocycles. The van der Waals surface area contributed by atoms with Crippen molar-refractivity contribution in [3.05, 3.63) is 0 Å². The minimum absolute atomic E-state index is 0.0211. The van der Waals surface area contributed by atoms with Gasteiger partial charge in [-0.2, -0.15) is 0 Å². The van der Waals surface area contributed by atoms with E-state index in [9.17, 15) is 9.59 Å². The van der Waals surface area contributed by atoms with Crippen LogP contribution in [-0.2, 0) is 14.3 Å². The van der Waals surface area contributed by atoms with Crippen LogP contribution in [0.5, 0.6) is 0 Å². The third kappa shape index (κ3) is 7.42. The number of carbonyl (C=O) groups is 2. The molecule has 20 heavy (non-hydrogen) atoms. The summed E-state index contributed by atoms with van der Waals surface area (Å²) in [7, 11) is 1.64. The van der Waals surface area contributed by atoms with E-state index in [4.69, 9.17) is 9.84 Å². The van der Waals surface area contributed by atoms with Gasteiger partial charge in [0.1, 0.15) is 0 Å². The van der Waals surface area contributed by atoms with Gasteiger partial charge in [-0.1, -0.05) is 0 Å². The van der Waals surface area contributed by atoms with Crippen LogP contribution in [0.15, 0.2) is 0 Å². The van der Waals surface area contributed by atoms with Gasteiger partial charge < -0.3 is 15.2 Å². The largest absolute Gasteiger partial charge is 0.480 e. The molecule has 0 atom stereocenters. The van der Waals surface area contributed by atoms with Crippen LogP contribution in [0.2, 0.25) is 0 Å². The van der Waals surface area contributed by atoms with E-state index in [1.165, 1.54) is 0 Å². The monoisotopic (exact) mass is 287 g/mol. The lowest BCUT2D eigenvalue weighted by Crippen LogP contribution is -2.40. The van der Waals surface area contributed by atoms with E-state index in [0.29, 0.717) is 26.2 Å². The predicted molar refractivity (Wildman–Crippen MR) is 74.6 cm³/mol. The minimum Gasteiger partial charge on any atom is -0.480 e. The molecule has 1 saturated heterocycles. The maximum Gasteiger partial charge on any atom is 0.317 e. The van der Waals surface area contributed by atoms with Crippen molar-refractivity contribution in [1.82, 2.24) is 15.1 Å². The summed E-state index contributed by atoms with van der Waals surface area (Å²) in [5.74, 6) is -0.776. The van der Waals surface area contributed by atoms with Crippen molar-refractivity contribution in [2.75, 3.05) is 59.5 Å². The average Bonchev–Trinajstić information content (AvgIpc) is 2.60. The smallest absolute Gasteiger partial charge is 0.317 e. The van der Waals surface area contributed by atoms with Crippen LogP contribution < -0.4 is 5.32 Å². The number of carboxylic acids is 1. The maximum absolute atomic E-state index is 11.7. The standard InChI is InChI=1S/C13H25N3O4/c1-20-9-2-4-14-12(17)10-15-5-3-6-16(8-7-15)11-13(18)19/h2-11H2,1H3,(H,14,17)(H,18,19). The number of carboxylic acid groups (broad SMARTS) is 1. The molecule has 2 N–H and O–H groups in total. The summed E-state index contributed by atoms with van der Waals surface area (Å²) in [6.07, 6.45) is 1.71. The van der Waals surface area contributed by atoms with Crippen molar-refractivity contribution >= 4 is 11.9 Å². The Morgan fingerprint density at radius 2 is 1.80 bits per heavy atom. The van der Waals surface area contributed by atoms with Crippen LogP contribution in [-0.4, -0.2) is 86.3 Å². The Morgan fingerprint density at radius 3 is 2.40 bits per heavy atom. The van der Waals surface area contributed by atoms with E-state index >= 15 is 0 Å². The highest BCUT2D eigenvalue weighted by Crippen LogP contribution is 2.02. The lowest BCUT2D eigenvalue weighted by atomic mass is 10.3. The van der Waals surface area contributed by atoms with Gasteiger partial charge in [0.2, 0.25) is 5.91 Å². The fraction of sp³-hybridized carbons (Fsp3) is 0.846. The van der Waals surface area contributed by atoms with E-state index < -0.39 is 5.97 Å². The van der Waals surface area contributed by atoms with Crippen LogP contribution in [0.1, 0.15) is 12.8 Å². The van der Waals surface area contributed by atoms with Crippen LogP contribution in [0.3, 0.4) is 0 Å². The molecule has 0 aromatic carbocycles. The maximum atomic E-state index is 11.7. The fourth-order valence-corrected chi connectivity index (χ4v) is 2.24. The van der Waals surface area contributed by atoms with E-state index in [1.807, 2.05) is 4.90 Å². The van der Waals surface area contributed by atoms with Crippen LogP contribution >= 0.6 is 0 Å². The Morgan fingerprint density at radius 1 is 1.15 bits per heavy atom. The first-order chi connectivity index (χ1) is 9.61. The second kappa shape index (κ2) is 9.68. The molecule has 7 heteroatoms. The highest BCUT2D eigenvalue weighted by molar-refractivity contribution is 5.77. The van der Waals surface area contributed by atoms with Crippen molar-refractivity contribution < 1.29 is 19.4 Å². The molecule has 0 saturated carbocycles. The number of carbonyl (C=O) groups excluding carboxylic acids is 1. The molecule has 1 rings (SSSR count). The van der Waals surface area contributed by atoms with Gasteiger partial charge >= 0.3 is 5.97 Å². The summed E-state index contributed by atoms with van der Waals surface area (Å²) < 4.78 is 4.92. The summed E-state index contributed by atoms with van der Waals surface area (Å²) in [5, 5.41) is 11.6. The highest BCUT2D eigenvalue weighted by atomic mass is 16.5. The van der Waals surface area contributed by atoms with Gasteiger partial charge in [0.05, 0.1) is 13.1 Å². The quantitative estimate of drug-likeness (QED) is 0.571. The first kappa shape index (κ1) is 16.9. The summed E-state index contributed by atoms with van der Waals surface area (Å²) in [6, 6.07) is 0. The predicted octanol–water partition coefficient (Wildman–Crippen LogP) is -0.769. The summed E-state index contributed by atoms with van der Waals surface area (Å²) in [4.78, 5) is 26.4. The van der Waals surface area contributed by atoms with Gasteiger partial charge in [-0.05, 0) is 19.4 Å². The zero-order valence-corrected chi connectivity index (χ0v) is 12.1. The molecule has 7 nitrogen and oxygen atoms in total. The highest BCUT2D eigenvalue weighted by Gasteiger charge is 2.18. The number of nitrogens with one attached hydrogen (secondary N) is 1. The van der Waals surface area contributed by atoms with Crippen molar-refractivity contribution in [3.8, 4) is 0 Å². The first-order valence-electron chi connectivity index (χ1n) is 7.04. The molecule has 0 unspecified atom stereocenters. The number of ether oxygens (including phenoxy) is 1. The van der Waals surface area contributed by atoms with E-state index in [-0.39, 0.29) is 12.5 Å². The van der Waals surface area contributed by atoms with Gasteiger partial charge in [0.15, 0.2) is 0 Å². The first-order valence-corrected chi connectivity index (χ1v) is 7.04.